The summed E-state index contributed by atoms with van der Waals surface area (Å²) >= 11 is 0. The lowest BCUT2D eigenvalue weighted by molar-refractivity contribution is -0.141. The van der Waals surface area contributed by atoms with Crippen LogP contribution in [0.1, 0.15) is 51.0 Å². The van der Waals surface area contributed by atoms with Gasteiger partial charge in [-0.2, -0.15) is 0 Å². The molecular weight excluding hydrogens is 516 g/mol. The largest absolute Gasteiger partial charge is 0.497 e. The van der Waals surface area contributed by atoms with Gasteiger partial charge in [-0.1, -0.05) is 25.0 Å². The van der Waals surface area contributed by atoms with Gasteiger partial charge < -0.3 is 15.0 Å². The average Bonchev–Trinajstić information content (AvgIpc) is 3.39. The lowest BCUT2D eigenvalue weighted by Crippen LogP contribution is -2.49. The van der Waals surface area contributed by atoms with Crippen molar-refractivity contribution in [1.82, 2.24) is 10.2 Å². The molecule has 0 bridgehead atoms. The maximum Gasteiger partial charge on any atom is 0.242 e. The van der Waals surface area contributed by atoms with Crippen LogP contribution in [0.5, 0.6) is 5.75 Å². The van der Waals surface area contributed by atoms with Crippen LogP contribution < -0.4 is 14.4 Å². The molecule has 2 aromatic rings. The van der Waals surface area contributed by atoms with Crippen molar-refractivity contribution in [3.05, 3.63) is 59.7 Å². The minimum absolute atomic E-state index is 0.0294. The number of carbonyl (C=O) groups is 2. The van der Waals surface area contributed by atoms with Gasteiger partial charge in [0.25, 0.3) is 0 Å². The number of ether oxygens (including phenoxy) is 1. The maximum absolute atomic E-state index is 13.7. The van der Waals surface area contributed by atoms with Crippen molar-refractivity contribution < 1.29 is 31.5 Å². The fourth-order valence-corrected chi connectivity index (χ4v) is 5.50. The first-order valence-corrected chi connectivity index (χ1v) is 14.5. The summed E-state index contributed by atoms with van der Waals surface area (Å²) in [6.07, 6.45) is 4.97. The quantitative estimate of drug-likeness (QED) is 0.430. The summed E-state index contributed by atoms with van der Waals surface area (Å²) in [6.45, 7) is 1.74. The van der Waals surface area contributed by atoms with E-state index < -0.39 is 27.7 Å². The molecule has 0 aromatic heterocycles. The van der Waals surface area contributed by atoms with Crippen molar-refractivity contribution in [1.29, 1.82) is 0 Å². The number of methoxy groups -OCH3 is 1. The van der Waals surface area contributed by atoms with Crippen LogP contribution in [0.25, 0.3) is 0 Å². The Morgan fingerprint density at radius 1 is 1.08 bits per heavy atom. The molecule has 1 atom stereocenters. The van der Waals surface area contributed by atoms with E-state index in [0.717, 1.165) is 53.9 Å². The first-order valence-electron chi connectivity index (χ1n) is 12.6. The maximum atomic E-state index is 13.7. The smallest absolute Gasteiger partial charge is 0.242 e. The fourth-order valence-electron chi connectivity index (χ4n) is 4.55. The van der Waals surface area contributed by atoms with Gasteiger partial charge in [0.1, 0.15) is 11.8 Å². The second-order valence-electron chi connectivity index (χ2n) is 9.57. The minimum atomic E-state index is -3.82. The van der Waals surface area contributed by atoms with Crippen LogP contribution in [0, 0.1) is 11.6 Å². The molecular formula is C27H35F2N3O5S. The highest BCUT2D eigenvalue weighted by molar-refractivity contribution is 7.92. The predicted molar refractivity (Wildman–Crippen MR) is 141 cm³/mol. The fraction of sp³-hybridized carbons (Fsp3) is 0.481. The van der Waals surface area contributed by atoms with Crippen LogP contribution in [-0.4, -0.2) is 57.1 Å². The van der Waals surface area contributed by atoms with E-state index in [-0.39, 0.29) is 49.5 Å². The molecule has 208 valence electrons. The number of hydrogen-bond donors (Lipinski definition) is 1. The molecule has 0 heterocycles. The summed E-state index contributed by atoms with van der Waals surface area (Å²) in [5.74, 6) is -2.15. The topological polar surface area (TPSA) is 96.0 Å². The molecule has 1 saturated carbocycles. The Balaban J connectivity index is 1.73. The van der Waals surface area contributed by atoms with Gasteiger partial charge in [0.05, 0.1) is 19.1 Å². The van der Waals surface area contributed by atoms with Gasteiger partial charge in [-0.15, -0.1) is 0 Å². The first-order chi connectivity index (χ1) is 18.0. The average molecular weight is 552 g/mol. The number of rotatable bonds is 12. The molecule has 2 amide bonds. The van der Waals surface area contributed by atoms with Crippen molar-refractivity contribution in [2.24, 2.45) is 0 Å². The Morgan fingerprint density at radius 3 is 2.32 bits per heavy atom. The molecule has 38 heavy (non-hydrogen) atoms. The van der Waals surface area contributed by atoms with Crippen LogP contribution in [0.2, 0.25) is 0 Å². The van der Waals surface area contributed by atoms with E-state index in [1.807, 2.05) is 12.1 Å². The summed E-state index contributed by atoms with van der Waals surface area (Å²) in [5.41, 5.74) is 0.775. The molecule has 0 spiro atoms. The summed E-state index contributed by atoms with van der Waals surface area (Å²) in [6, 6.07) is 9.36. The molecule has 11 heteroatoms. The number of anilines is 1. The number of nitrogens with one attached hydrogen (secondary N) is 1. The number of carbonyl (C=O) groups excluding carboxylic acids is 2. The highest BCUT2D eigenvalue weighted by atomic mass is 32.2. The molecule has 8 nitrogen and oxygen atoms in total. The second-order valence-corrected chi connectivity index (χ2v) is 11.5. The second kappa shape index (κ2) is 13.0. The number of hydrogen-bond acceptors (Lipinski definition) is 5. The van der Waals surface area contributed by atoms with E-state index >= 15 is 0 Å². The summed E-state index contributed by atoms with van der Waals surface area (Å²) in [4.78, 5) is 27.9. The number of sulfonamides is 1. The summed E-state index contributed by atoms with van der Waals surface area (Å²) < 4.78 is 57.9. The van der Waals surface area contributed by atoms with Gasteiger partial charge in [-0.05, 0) is 56.0 Å². The number of benzene rings is 2. The predicted octanol–water partition coefficient (Wildman–Crippen LogP) is 4.00. The highest BCUT2D eigenvalue weighted by Crippen LogP contribution is 2.22. The minimum Gasteiger partial charge on any atom is -0.497 e. The van der Waals surface area contributed by atoms with Crippen LogP contribution >= 0.6 is 0 Å². The zero-order valence-corrected chi connectivity index (χ0v) is 22.8. The standard InChI is InChI=1S/C27H35F2N3O5S/c1-19(27(34)30-21-7-4-5-8-21)31(18-20-10-13-23(37-2)14-11-20)26(33)9-6-16-32(38(3,35)36)22-12-15-24(28)25(29)17-22/h10-15,17,19,21H,4-9,16,18H2,1-3H3,(H,30,34)/t19-/m0/s1. The normalized spacial score (nSPS) is 14.7. The van der Waals surface area contributed by atoms with Crippen molar-refractivity contribution in [3.63, 3.8) is 0 Å². The highest BCUT2D eigenvalue weighted by Gasteiger charge is 2.29. The molecule has 1 aliphatic carbocycles. The molecule has 1 aliphatic rings. The molecule has 0 unspecified atom stereocenters. The SMILES string of the molecule is COc1ccc(CN(C(=O)CCCN(c2ccc(F)c(F)c2)S(C)(=O)=O)[C@@H](C)C(=O)NC2CCCC2)cc1. The molecule has 2 aromatic carbocycles. The van der Waals surface area contributed by atoms with Crippen molar-refractivity contribution in [2.75, 3.05) is 24.2 Å². The van der Waals surface area contributed by atoms with E-state index in [0.29, 0.717) is 5.75 Å². The van der Waals surface area contributed by atoms with E-state index in [1.165, 1.54) is 11.0 Å². The Hall–Kier alpha value is -3.21. The van der Waals surface area contributed by atoms with Gasteiger partial charge in [0.15, 0.2) is 11.6 Å². The van der Waals surface area contributed by atoms with E-state index in [4.69, 9.17) is 4.74 Å². The number of amides is 2. The number of nitrogens with zero attached hydrogens (tertiary/aromatic N) is 2. The van der Waals surface area contributed by atoms with Crippen molar-refractivity contribution in [3.8, 4) is 5.75 Å². The van der Waals surface area contributed by atoms with Crippen molar-refractivity contribution >= 4 is 27.5 Å². The Labute approximate surface area is 223 Å². The third-order valence-electron chi connectivity index (χ3n) is 6.72. The lowest BCUT2D eigenvalue weighted by atomic mass is 10.1. The van der Waals surface area contributed by atoms with Gasteiger partial charge in [-0.25, -0.2) is 17.2 Å². The van der Waals surface area contributed by atoms with Gasteiger partial charge >= 0.3 is 0 Å². The zero-order chi connectivity index (χ0) is 27.9. The van der Waals surface area contributed by atoms with Gasteiger partial charge in [-0.3, -0.25) is 13.9 Å². The Bertz CT molecular complexity index is 1220. The zero-order valence-electron chi connectivity index (χ0n) is 22.0. The molecule has 0 radical (unpaired) electrons. The van der Waals surface area contributed by atoms with Gasteiger partial charge in [0.2, 0.25) is 21.8 Å². The lowest BCUT2D eigenvalue weighted by Gasteiger charge is -2.30. The monoisotopic (exact) mass is 551 g/mol. The third kappa shape index (κ3) is 7.89. The van der Waals surface area contributed by atoms with Crippen molar-refractivity contribution in [2.45, 2.75) is 64.1 Å². The van der Waals surface area contributed by atoms with Gasteiger partial charge in [0, 0.05) is 31.6 Å². The first kappa shape index (κ1) is 29.3. The Morgan fingerprint density at radius 2 is 1.74 bits per heavy atom. The molecule has 1 N–H and O–H groups in total. The summed E-state index contributed by atoms with van der Waals surface area (Å²) in [5, 5.41) is 3.04. The molecule has 1 fully saturated rings. The van der Waals surface area contributed by atoms with E-state index in [9.17, 15) is 26.8 Å². The summed E-state index contributed by atoms with van der Waals surface area (Å²) in [7, 11) is -2.26. The van der Waals surface area contributed by atoms with Crippen LogP contribution in [0.4, 0.5) is 14.5 Å². The Kier molecular flexibility index (Phi) is 10.1. The van der Waals surface area contributed by atoms with E-state index in [2.05, 4.69) is 5.32 Å². The van der Waals surface area contributed by atoms with Crippen LogP contribution in [0.15, 0.2) is 42.5 Å². The number of halogens is 2. The molecule has 0 saturated heterocycles. The molecule has 3 rings (SSSR count). The van der Waals surface area contributed by atoms with E-state index in [1.54, 1.807) is 26.2 Å². The molecule has 0 aliphatic heterocycles. The van der Waals surface area contributed by atoms with Crippen LogP contribution in [-0.2, 0) is 26.2 Å². The third-order valence-corrected chi connectivity index (χ3v) is 7.92. The van der Waals surface area contributed by atoms with Crippen LogP contribution in [0.3, 0.4) is 0 Å².